The summed E-state index contributed by atoms with van der Waals surface area (Å²) in [4.78, 5) is 28.6. The van der Waals surface area contributed by atoms with Gasteiger partial charge in [-0.15, -0.1) is 0 Å². The average Bonchev–Trinajstić information content (AvgIpc) is 2.18. The van der Waals surface area contributed by atoms with Crippen LogP contribution in [0.1, 0.15) is 18.9 Å². The Labute approximate surface area is 93.7 Å². The molecule has 1 aromatic carbocycles. The lowest BCUT2D eigenvalue weighted by molar-refractivity contribution is -0.115. The molecular formula is C10H14NO4P. The van der Waals surface area contributed by atoms with Crippen molar-refractivity contribution in [3.63, 3.8) is 0 Å². The van der Waals surface area contributed by atoms with E-state index in [1.165, 1.54) is 0 Å². The first-order valence-electron chi connectivity index (χ1n) is 4.84. The van der Waals surface area contributed by atoms with E-state index in [0.29, 0.717) is 17.7 Å². The third-order valence-corrected chi connectivity index (χ3v) is 2.72. The predicted molar refractivity (Wildman–Crippen MR) is 61.1 cm³/mol. The summed E-state index contributed by atoms with van der Waals surface area (Å²) in [5, 5.41) is 2.65. The summed E-state index contributed by atoms with van der Waals surface area (Å²) in [6.07, 6.45) is 0.110. The van der Waals surface area contributed by atoms with Crippen LogP contribution in [0.2, 0.25) is 0 Å². The molecular weight excluding hydrogens is 229 g/mol. The first-order chi connectivity index (χ1) is 7.40. The molecule has 0 aliphatic rings. The molecule has 16 heavy (non-hydrogen) atoms. The van der Waals surface area contributed by atoms with Gasteiger partial charge in [-0.2, -0.15) is 0 Å². The zero-order valence-electron chi connectivity index (χ0n) is 8.88. The number of hydrogen-bond acceptors (Lipinski definition) is 2. The highest BCUT2D eigenvalue weighted by atomic mass is 31.2. The molecule has 0 saturated carbocycles. The van der Waals surface area contributed by atoms with Gasteiger partial charge in [-0.1, -0.05) is 19.1 Å². The maximum Gasteiger partial charge on any atom is 0.329 e. The van der Waals surface area contributed by atoms with Crippen LogP contribution in [-0.4, -0.2) is 15.7 Å². The number of anilines is 1. The monoisotopic (exact) mass is 243 g/mol. The molecule has 0 unspecified atom stereocenters. The Balaban J connectivity index is 2.68. The molecule has 0 heterocycles. The van der Waals surface area contributed by atoms with E-state index in [1.807, 2.05) is 0 Å². The maximum atomic E-state index is 11.1. The summed E-state index contributed by atoms with van der Waals surface area (Å²) in [7, 11) is -4.02. The van der Waals surface area contributed by atoms with Gasteiger partial charge < -0.3 is 15.1 Å². The van der Waals surface area contributed by atoms with Crippen molar-refractivity contribution >= 4 is 19.2 Å². The fraction of sp³-hybridized carbons (Fsp3) is 0.300. The summed E-state index contributed by atoms with van der Waals surface area (Å²) in [6.45, 7) is 1.75. The van der Waals surface area contributed by atoms with Gasteiger partial charge >= 0.3 is 7.60 Å². The smallest absolute Gasteiger partial charge is 0.326 e. The van der Waals surface area contributed by atoms with Gasteiger partial charge in [0.15, 0.2) is 0 Å². The van der Waals surface area contributed by atoms with Gasteiger partial charge in [-0.05, 0) is 17.7 Å². The van der Waals surface area contributed by atoms with E-state index in [-0.39, 0.29) is 12.1 Å². The summed E-state index contributed by atoms with van der Waals surface area (Å²) in [6, 6.07) is 6.42. The quantitative estimate of drug-likeness (QED) is 0.702. The molecule has 6 heteroatoms. The Bertz CT molecular complexity index is 409. The first kappa shape index (κ1) is 12.9. The fourth-order valence-corrected chi connectivity index (χ4v) is 1.87. The third kappa shape index (κ3) is 4.57. The molecule has 5 nitrogen and oxygen atoms in total. The minimum absolute atomic E-state index is 0.0947. The molecule has 0 radical (unpaired) electrons. The van der Waals surface area contributed by atoms with Crippen molar-refractivity contribution in [2.45, 2.75) is 19.5 Å². The van der Waals surface area contributed by atoms with Crippen molar-refractivity contribution in [2.75, 3.05) is 5.32 Å². The topological polar surface area (TPSA) is 86.6 Å². The highest BCUT2D eigenvalue weighted by Gasteiger charge is 2.13. The first-order valence-corrected chi connectivity index (χ1v) is 6.64. The number of carbonyl (C=O) groups excluding carboxylic acids is 1. The van der Waals surface area contributed by atoms with Crippen LogP contribution in [0, 0.1) is 0 Å². The van der Waals surface area contributed by atoms with E-state index in [4.69, 9.17) is 9.79 Å². The molecule has 0 aliphatic carbocycles. The molecule has 0 saturated heterocycles. The van der Waals surface area contributed by atoms with Crippen LogP contribution in [-0.2, 0) is 15.5 Å². The minimum atomic E-state index is -4.02. The zero-order chi connectivity index (χ0) is 12.2. The van der Waals surface area contributed by atoms with Gasteiger partial charge in [0.1, 0.15) is 0 Å². The summed E-state index contributed by atoms with van der Waals surface area (Å²) in [5.41, 5.74) is 1.17. The van der Waals surface area contributed by atoms with Crippen molar-refractivity contribution in [3.8, 4) is 0 Å². The molecule has 1 rings (SSSR count). The molecule has 1 aromatic rings. The number of hydrogen-bond donors (Lipinski definition) is 3. The molecule has 0 aliphatic heterocycles. The van der Waals surface area contributed by atoms with Gasteiger partial charge in [-0.25, -0.2) is 0 Å². The van der Waals surface area contributed by atoms with E-state index >= 15 is 0 Å². The molecule has 88 valence electrons. The highest BCUT2D eigenvalue weighted by molar-refractivity contribution is 7.50. The van der Waals surface area contributed by atoms with Crippen molar-refractivity contribution in [1.82, 2.24) is 0 Å². The van der Waals surface area contributed by atoms with E-state index in [2.05, 4.69) is 5.32 Å². The van der Waals surface area contributed by atoms with E-state index < -0.39 is 7.60 Å². The third-order valence-electron chi connectivity index (χ3n) is 1.95. The predicted octanol–water partition coefficient (Wildman–Crippen LogP) is 1.71. The number of carbonyl (C=O) groups is 1. The van der Waals surface area contributed by atoms with E-state index in [1.54, 1.807) is 31.2 Å². The van der Waals surface area contributed by atoms with Crippen LogP contribution in [0.15, 0.2) is 24.3 Å². The van der Waals surface area contributed by atoms with Gasteiger partial charge in [0, 0.05) is 12.1 Å². The van der Waals surface area contributed by atoms with Gasteiger partial charge in [0.2, 0.25) is 5.91 Å². The fourth-order valence-electron chi connectivity index (χ4n) is 1.18. The second-order valence-corrected chi connectivity index (χ2v) is 5.07. The van der Waals surface area contributed by atoms with Crippen LogP contribution in [0.3, 0.4) is 0 Å². The van der Waals surface area contributed by atoms with Gasteiger partial charge in [0.05, 0.1) is 6.16 Å². The molecule has 0 atom stereocenters. The van der Waals surface area contributed by atoms with Crippen LogP contribution in [0.25, 0.3) is 0 Å². The summed E-state index contributed by atoms with van der Waals surface area (Å²) >= 11 is 0. The van der Waals surface area contributed by atoms with Crippen molar-refractivity contribution in [3.05, 3.63) is 29.8 Å². The maximum absolute atomic E-state index is 11.1. The van der Waals surface area contributed by atoms with Gasteiger partial charge in [0.25, 0.3) is 0 Å². The molecule has 0 aromatic heterocycles. The van der Waals surface area contributed by atoms with E-state index in [0.717, 1.165) is 0 Å². The lowest BCUT2D eigenvalue weighted by Crippen LogP contribution is -2.09. The summed E-state index contributed by atoms with van der Waals surface area (Å²) < 4.78 is 10.7. The lowest BCUT2D eigenvalue weighted by atomic mass is 10.2. The number of rotatable bonds is 4. The Morgan fingerprint density at radius 1 is 1.31 bits per heavy atom. The number of benzene rings is 1. The van der Waals surface area contributed by atoms with Crippen molar-refractivity contribution < 1.29 is 19.1 Å². The highest BCUT2D eigenvalue weighted by Crippen LogP contribution is 2.39. The molecule has 3 N–H and O–H groups in total. The second kappa shape index (κ2) is 5.25. The number of amides is 1. The normalized spacial score (nSPS) is 11.2. The van der Waals surface area contributed by atoms with Gasteiger partial charge in [-0.3, -0.25) is 9.36 Å². The average molecular weight is 243 g/mol. The van der Waals surface area contributed by atoms with E-state index in [9.17, 15) is 9.36 Å². The van der Waals surface area contributed by atoms with Crippen LogP contribution < -0.4 is 5.32 Å². The Kier molecular flexibility index (Phi) is 4.24. The molecule has 0 fully saturated rings. The summed E-state index contributed by atoms with van der Waals surface area (Å²) in [5.74, 6) is -0.0947. The van der Waals surface area contributed by atoms with Crippen LogP contribution in [0.5, 0.6) is 0 Å². The standard InChI is InChI=1S/C10H14NO4P/c1-2-10(12)11-9-5-3-8(4-6-9)7-16(13,14)15/h3-6H,2,7H2,1H3,(H,11,12)(H2,13,14,15). The molecule has 0 spiro atoms. The number of nitrogens with one attached hydrogen (secondary N) is 1. The molecule has 0 bridgehead atoms. The van der Waals surface area contributed by atoms with Crippen molar-refractivity contribution in [1.29, 1.82) is 0 Å². The Morgan fingerprint density at radius 2 is 1.88 bits per heavy atom. The Hall–Kier alpha value is -1.16. The van der Waals surface area contributed by atoms with Crippen LogP contribution in [0.4, 0.5) is 5.69 Å². The zero-order valence-corrected chi connectivity index (χ0v) is 9.78. The minimum Gasteiger partial charge on any atom is -0.326 e. The van der Waals surface area contributed by atoms with Crippen molar-refractivity contribution in [2.24, 2.45) is 0 Å². The Morgan fingerprint density at radius 3 is 2.31 bits per heavy atom. The largest absolute Gasteiger partial charge is 0.329 e. The van der Waals surface area contributed by atoms with Crippen LogP contribution >= 0.6 is 7.60 Å². The SMILES string of the molecule is CCC(=O)Nc1ccc(CP(=O)(O)O)cc1. The molecule has 1 amide bonds. The second-order valence-electron chi connectivity index (χ2n) is 3.42. The lowest BCUT2D eigenvalue weighted by Gasteiger charge is -2.06.